The van der Waals surface area contributed by atoms with Gasteiger partial charge in [0.1, 0.15) is 12.4 Å². The molecule has 0 aliphatic carbocycles. The van der Waals surface area contributed by atoms with Gasteiger partial charge in [-0.1, -0.05) is 12.1 Å². The molecule has 0 saturated heterocycles. The van der Waals surface area contributed by atoms with E-state index < -0.39 is 17.6 Å². The molecule has 0 saturated carbocycles. The lowest BCUT2D eigenvalue weighted by molar-refractivity contribution is 0.0696. The lowest BCUT2D eigenvalue weighted by Crippen LogP contribution is -2.02. The first kappa shape index (κ1) is 14.5. The van der Waals surface area contributed by atoms with Crippen molar-refractivity contribution in [3.63, 3.8) is 0 Å². The second kappa shape index (κ2) is 6.00. The molecule has 0 amide bonds. The SMILES string of the molecule is O=C(O)c1cccc(COc2c(F)cc(F)cc2Br)c1. The number of hydrogen-bond donors (Lipinski definition) is 1. The van der Waals surface area contributed by atoms with E-state index in [1.807, 2.05) is 0 Å². The number of ether oxygens (including phenoxy) is 1. The Hall–Kier alpha value is -1.95. The number of benzene rings is 2. The van der Waals surface area contributed by atoms with Gasteiger partial charge < -0.3 is 9.84 Å². The number of hydrogen-bond acceptors (Lipinski definition) is 2. The summed E-state index contributed by atoms with van der Waals surface area (Å²) < 4.78 is 31.9. The summed E-state index contributed by atoms with van der Waals surface area (Å²) in [4.78, 5) is 10.8. The molecule has 6 heteroatoms. The Morgan fingerprint density at radius 3 is 2.65 bits per heavy atom. The van der Waals surface area contributed by atoms with Crippen molar-refractivity contribution in [1.29, 1.82) is 0 Å². The standard InChI is InChI=1S/C14H9BrF2O3/c15-11-5-10(16)6-12(17)13(11)20-7-8-2-1-3-9(4-8)14(18)19/h1-6H,7H2,(H,18,19). The molecule has 0 atom stereocenters. The largest absolute Gasteiger partial charge is 0.485 e. The van der Waals surface area contributed by atoms with Crippen molar-refractivity contribution in [3.8, 4) is 5.75 Å². The van der Waals surface area contributed by atoms with Crippen molar-refractivity contribution in [2.45, 2.75) is 6.61 Å². The smallest absolute Gasteiger partial charge is 0.335 e. The van der Waals surface area contributed by atoms with E-state index in [1.54, 1.807) is 12.1 Å². The lowest BCUT2D eigenvalue weighted by Gasteiger charge is -2.10. The molecule has 2 aromatic rings. The predicted octanol–water partition coefficient (Wildman–Crippen LogP) is 4.00. The molecule has 0 bridgehead atoms. The van der Waals surface area contributed by atoms with Crippen LogP contribution in [0.5, 0.6) is 5.75 Å². The normalized spacial score (nSPS) is 10.3. The highest BCUT2D eigenvalue weighted by Crippen LogP contribution is 2.29. The molecule has 1 N–H and O–H groups in total. The molecule has 0 aromatic heterocycles. The minimum Gasteiger partial charge on any atom is -0.485 e. The predicted molar refractivity (Wildman–Crippen MR) is 71.8 cm³/mol. The van der Waals surface area contributed by atoms with Gasteiger partial charge in [0.15, 0.2) is 11.6 Å². The van der Waals surface area contributed by atoms with E-state index in [0.29, 0.717) is 11.6 Å². The number of carboxylic acids is 1. The van der Waals surface area contributed by atoms with Crippen LogP contribution in [0.25, 0.3) is 0 Å². The fourth-order valence-corrected chi connectivity index (χ4v) is 2.14. The van der Waals surface area contributed by atoms with Crippen LogP contribution >= 0.6 is 15.9 Å². The van der Waals surface area contributed by atoms with Crippen molar-refractivity contribution >= 4 is 21.9 Å². The molecule has 2 aromatic carbocycles. The topological polar surface area (TPSA) is 46.5 Å². The zero-order valence-corrected chi connectivity index (χ0v) is 11.7. The zero-order chi connectivity index (χ0) is 14.7. The quantitative estimate of drug-likeness (QED) is 0.913. The summed E-state index contributed by atoms with van der Waals surface area (Å²) in [7, 11) is 0. The zero-order valence-electron chi connectivity index (χ0n) is 10.1. The fraction of sp³-hybridized carbons (Fsp3) is 0.0714. The van der Waals surface area contributed by atoms with Crippen LogP contribution in [-0.4, -0.2) is 11.1 Å². The maximum absolute atomic E-state index is 13.5. The van der Waals surface area contributed by atoms with Crippen LogP contribution in [0.1, 0.15) is 15.9 Å². The molecule has 0 heterocycles. The van der Waals surface area contributed by atoms with Crippen molar-refractivity contribution in [3.05, 3.63) is 63.6 Å². The molecule has 0 spiro atoms. The maximum atomic E-state index is 13.5. The summed E-state index contributed by atoms with van der Waals surface area (Å²) in [5.41, 5.74) is 0.685. The minimum absolute atomic E-state index is 0.0255. The van der Waals surface area contributed by atoms with E-state index >= 15 is 0 Å². The van der Waals surface area contributed by atoms with Crippen LogP contribution < -0.4 is 4.74 Å². The molecule has 0 unspecified atom stereocenters. The van der Waals surface area contributed by atoms with Crippen molar-refractivity contribution in [2.24, 2.45) is 0 Å². The van der Waals surface area contributed by atoms with Gasteiger partial charge in [0, 0.05) is 6.07 Å². The second-order valence-electron chi connectivity index (χ2n) is 3.99. The molecule has 3 nitrogen and oxygen atoms in total. The van der Waals surface area contributed by atoms with Gasteiger partial charge in [-0.3, -0.25) is 0 Å². The maximum Gasteiger partial charge on any atom is 0.335 e. The Morgan fingerprint density at radius 1 is 1.25 bits per heavy atom. The highest BCUT2D eigenvalue weighted by atomic mass is 79.9. The van der Waals surface area contributed by atoms with E-state index in [2.05, 4.69) is 15.9 Å². The summed E-state index contributed by atoms with van der Waals surface area (Å²) >= 11 is 3.01. The molecule has 0 aliphatic rings. The highest BCUT2D eigenvalue weighted by molar-refractivity contribution is 9.10. The van der Waals surface area contributed by atoms with Gasteiger partial charge in [-0.2, -0.15) is 0 Å². The Labute approximate surface area is 121 Å². The van der Waals surface area contributed by atoms with E-state index in [0.717, 1.165) is 6.07 Å². The molecule has 20 heavy (non-hydrogen) atoms. The van der Waals surface area contributed by atoms with Crippen LogP contribution in [0, 0.1) is 11.6 Å². The lowest BCUT2D eigenvalue weighted by atomic mass is 10.1. The summed E-state index contributed by atoms with van der Waals surface area (Å²) in [6.45, 7) is -0.0255. The van der Waals surface area contributed by atoms with Crippen molar-refractivity contribution in [2.75, 3.05) is 0 Å². The average molecular weight is 343 g/mol. The molecule has 0 aliphatic heterocycles. The van der Waals surface area contributed by atoms with Gasteiger partial charge in [-0.05, 0) is 39.7 Å². The van der Waals surface area contributed by atoms with Gasteiger partial charge in [-0.25, -0.2) is 13.6 Å². The fourth-order valence-electron chi connectivity index (χ4n) is 1.62. The van der Waals surface area contributed by atoms with E-state index in [4.69, 9.17) is 9.84 Å². The number of rotatable bonds is 4. The Balaban J connectivity index is 2.17. The number of halogens is 3. The third kappa shape index (κ3) is 3.33. The minimum atomic E-state index is -1.05. The molecule has 104 valence electrons. The van der Waals surface area contributed by atoms with Crippen LogP contribution in [0.15, 0.2) is 40.9 Å². The molecule has 0 fully saturated rings. The Morgan fingerprint density at radius 2 is 2.00 bits per heavy atom. The van der Waals surface area contributed by atoms with E-state index in [9.17, 15) is 13.6 Å². The molecule has 0 radical (unpaired) electrons. The first-order chi connectivity index (χ1) is 9.47. The molecule has 2 rings (SSSR count). The summed E-state index contributed by atoms with van der Waals surface area (Å²) in [5, 5.41) is 8.86. The average Bonchev–Trinajstić information content (AvgIpc) is 2.37. The van der Waals surface area contributed by atoms with Crippen LogP contribution in [0.2, 0.25) is 0 Å². The van der Waals surface area contributed by atoms with Gasteiger partial charge in [-0.15, -0.1) is 0 Å². The van der Waals surface area contributed by atoms with Gasteiger partial charge >= 0.3 is 5.97 Å². The summed E-state index contributed by atoms with van der Waals surface area (Å²) in [6.07, 6.45) is 0. The number of carbonyl (C=O) groups is 1. The van der Waals surface area contributed by atoms with Crippen molar-refractivity contribution in [1.82, 2.24) is 0 Å². The number of carboxylic acid groups (broad SMARTS) is 1. The Bertz CT molecular complexity index is 636. The van der Waals surface area contributed by atoms with Crippen molar-refractivity contribution < 1.29 is 23.4 Å². The monoisotopic (exact) mass is 342 g/mol. The van der Waals surface area contributed by atoms with E-state index in [-0.39, 0.29) is 22.4 Å². The summed E-state index contributed by atoms with van der Waals surface area (Å²) in [6, 6.07) is 7.90. The first-order valence-electron chi connectivity index (χ1n) is 5.57. The second-order valence-corrected chi connectivity index (χ2v) is 4.85. The van der Waals surface area contributed by atoms with Crippen LogP contribution in [-0.2, 0) is 6.61 Å². The highest BCUT2D eigenvalue weighted by Gasteiger charge is 2.11. The van der Waals surface area contributed by atoms with Gasteiger partial charge in [0.2, 0.25) is 0 Å². The molecular formula is C14H9BrF2O3. The third-order valence-electron chi connectivity index (χ3n) is 2.52. The Kier molecular flexibility index (Phi) is 4.34. The van der Waals surface area contributed by atoms with Gasteiger partial charge in [0.05, 0.1) is 10.0 Å². The summed E-state index contributed by atoms with van der Waals surface area (Å²) in [5.74, 6) is -2.71. The van der Waals surface area contributed by atoms with Crippen LogP contribution in [0.4, 0.5) is 8.78 Å². The third-order valence-corrected chi connectivity index (χ3v) is 3.11. The van der Waals surface area contributed by atoms with Gasteiger partial charge in [0.25, 0.3) is 0 Å². The first-order valence-corrected chi connectivity index (χ1v) is 6.36. The molecular weight excluding hydrogens is 334 g/mol. The van der Waals surface area contributed by atoms with Crippen LogP contribution in [0.3, 0.4) is 0 Å². The van der Waals surface area contributed by atoms with E-state index in [1.165, 1.54) is 12.1 Å². The number of aromatic carboxylic acids is 1.